The molecule has 4 nitrogen and oxygen atoms in total. The minimum Gasteiger partial charge on any atom is -0.444 e. The largest absolute Gasteiger partial charge is 0.444 e. The number of hydrogen-bond acceptors (Lipinski definition) is 3. The van der Waals surface area contributed by atoms with E-state index in [4.69, 9.17) is 10.5 Å². The summed E-state index contributed by atoms with van der Waals surface area (Å²) in [5.41, 5.74) is 5.71. The second-order valence-corrected chi connectivity index (χ2v) is 6.80. The Morgan fingerprint density at radius 2 is 1.94 bits per heavy atom. The molecule has 0 spiro atoms. The van der Waals surface area contributed by atoms with Crippen molar-refractivity contribution >= 4 is 6.09 Å². The molecule has 2 bridgehead atoms. The third-order valence-electron chi connectivity index (χ3n) is 3.89. The number of nitrogens with one attached hydrogen (secondary N) is 1. The van der Waals surface area contributed by atoms with Crippen LogP contribution < -0.4 is 11.1 Å². The average Bonchev–Trinajstić information content (AvgIpc) is 2.33. The number of rotatable bonds is 1. The Labute approximate surface area is 103 Å². The van der Waals surface area contributed by atoms with Gasteiger partial charge in [-0.15, -0.1) is 0 Å². The Hall–Kier alpha value is -0.770. The SMILES string of the molecule is CC(C)(C)OC(=O)N[C@]12CCC[C@@](N)(CC1)C2. The lowest BCUT2D eigenvalue weighted by Gasteiger charge is -2.38. The van der Waals surface area contributed by atoms with E-state index in [9.17, 15) is 4.79 Å². The molecule has 0 aliphatic heterocycles. The highest BCUT2D eigenvalue weighted by atomic mass is 16.6. The number of carbonyl (C=O) groups excluding carboxylic acids is 1. The molecule has 0 radical (unpaired) electrons. The molecule has 17 heavy (non-hydrogen) atoms. The first-order valence-corrected chi connectivity index (χ1v) is 6.52. The van der Waals surface area contributed by atoms with Gasteiger partial charge in [0.2, 0.25) is 0 Å². The zero-order valence-corrected chi connectivity index (χ0v) is 11.1. The maximum atomic E-state index is 11.8. The molecule has 4 heteroatoms. The van der Waals surface area contributed by atoms with Gasteiger partial charge in [0.1, 0.15) is 5.60 Å². The number of hydrogen-bond donors (Lipinski definition) is 2. The summed E-state index contributed by atoms with van der Waals surface area (Å²) >= 11 is 0. The van der Waals surface area contributed by atoms with E-state index in [1.165, 1.54) is 0 Å². The number of nitrogens with two attached hydrogens (primary N) is 1. The molecule has 98 valence electrons. The zero-order chi connectivity index (χ0) is 12.7. The number of amides is 1. The topological polar surface area (TPSA) is 64.3 Å². The minimum absolute atomic E-state index is 0.0484. The van der Waals surface area contributed by atoms with Gasteiger partial charge in [-0.05, 0) is 59.3 Å². The molecule has 0 heterocycles. The summed E-state index contributed by atoms with van der Waals surface area (Å²) in [7, 11) is 0. The number of fused-ring (bicyclic) bond motifs is 2. The summed E-state index contributed by atoms with van der Waals surface area (Å²) in [6.07, 6.45) is 5.83. The fraction of sp³-hybridized carbons (Fsp3) is 0.923. The highest BCUT2D eigenvalue weighted by Gasteiger charge is 2.50. The van der Waals surface area contributed by atoms with Crippen LogP contribution in [0.3, 0.4) is 0 Å². The first kappa shape index (κ1) is 12.7. The third kappa shape index (κ3) is 2.92. The Balaban J connectivity index is 1.97. The van der Waals surface area contributed by atoms with E-state index < -0.39 is 5.60 Å². The number of alkyl carbamates (subject to hydrolysis) is 1. The fourth-order valence-corrected chi connectivity index (χ4v) is 3.23. The van der Waals surface area contributed by atoms with Crippen LogP contribution in [0.15, 0.2) is 0 Å². The van der Waals surface area contributed by atoms with Crippen molar-refractivity contribution < 1.29 is 9.53 Å². The second-order valence-electron chi connectivity index (χ2n) is 6.80. The predicted molar refractivity (Wildman–Crippen MR) is 66.7 cm³/mol. The summed E-state index contributed by atoms with van der Waals surface area (Å²) in [6.45, 7) is 5.65. The third-order valence-corrected chi connectivity index (χ3v) is 3.89. The van der Waals surface area contributed by atoms with Gasteiger partial charge >= 0.3 is 6.09 Å². The monoisotopic (exact) mass is 240 g/mol. The molecule has 2 atom stereocenters. The van der Waals surface area contributed by atoms with Crippen LogP contribution in [0.1, 0.15) is 59.3 Å². The van der Waals surface area contributed by atoms with Gasteiger partial charge in [0.15, 0.2) is 0 Å². The Morgan fingerprint density at radius 3 is 2.59 bits per heavy atom. The fourth-order valence-electron chi connectivity index (χ4n) is 3.23. The van der Waals surface area contributed by atoms with Crippen LogP contribution in [-0.4, -0.2) is 22.8 Å². The summed E-state index contributed by atoms with van der Waals surface area (Å²) in [6, 6.07) is 0. The lowest BCUT2D eigenvalue weighted by molar-refractivity contribution is 0.0433. The van der Waals surface area contributed by atoms with E-state index in [2.05, 4.69) is 5.32 Å². The summed E-state index contributed by atoms with van der Waals surface area (Å²) in [5, 5.41) is 3.06. The van der Waals surface area contributed by atoms with E-state index in [-0.39, 0.29) is 17.2 Å². The molecule has 2 aliphatic rings. The van der Waals surface area contributed by atoms with Gasteiger partial charge < -0.3 is 15.8 Å². The molecule has 2 rings (SSSR count). The molecule has 2 saturated carbocycles. The smallest absolute Gasteiger partial charge is 0.408 e. The lowest BCUT2D eigenvalue weighted by Crippen LogP contribution is -2.53. The van der Waals surface area contributed by atoms with Gasteiger partial charge in [-0.25, -0.2) is 4.79 Å². The molecule has 0 saturated heterocycles. The van der Waals surface area contributed by atoms with E-state index >= 15 is 0 Å². The first-order chi connectivity index (χ1) is 7.72. The van der Waals surface area contributed by atoms with Crippen LogP contribution in [0.25, 0.3) is 0 Å². The van der Waals surface area contributed by atoms with Gasteiger partial charge in [0, 0.05) is 11.1 Å². The van der Waals surface area contributed by atoms with Crippen LogP contribution in [0.4, 0.5) is 4.79 Å². The standard InChI is InChI=1S/C13H24N2O2/c1-11(2,3)17-10(16)15-13-6-4-5-12(14,9-13)7-8-13/h4-9,14H2,1-3H3,(H,15,16)/t12-,13-/m1/s1. The molecule has 0 aromatic rings. The highest BCUT2D eigenvalue weighted by molar-refractivity contribution is 5.69. The molecule has 3 N–H and O–H groups in total. The Kier molecular flexibility index (Phi) is 2.89. The maximum absolute atomic E-state index is 11.8. The lowest BCUT2D eigenvalue weighted by atomic mass is 9.79. The highest BCUT2D eigenvalue weighted by Crippen LogP contribution is 2.46. The van der Waals surface area contributed by atoms with Crippen molar-refractivity contribution in [3.63, 3.8) is 0 Å². The van der Waals surface area contributed by atoms with Crippen LogP contribution in [0.5, 0.6) is 0 Å². The average molecular weight is 240 g/mol. The van der Waals surface area contributed by atoms with E-state index in [1.54, 1.807) is 0 Å². The molecular weight excluding hydrogens is 216 g/mol. The van der Waals surface area contributed by atoms with Crippen LogP contribution in [0, 0.1) is 0 Å². The molecule has 0 unspecified atom stereocenters. The van der Waals surface area contributed by atoms with Crippen molar-refractivity contribution in [3.8, 4) is 0 Å². The van der Waals surface area contributed by atoms with Crippen molar-refractivity contribution in [2.75, 3.05) is 0 Å². The Morgan fingerprint density at radius 1 is 1.24 bits per heavy atom. The van der Waals surface area contributed by atoms with Crippen LogP contribution in [-0.2, 0) is 4.74 Å². The van der Waals surface area contributed by atoms with Crippen molar-refractivity contribution in [1.29, 1.82) is 0 Å². The molecule has 1 amide bonds. The van der Waals surface area contributed by atoms with Gasteiger partial charge in [0.05, 0.1) is 0 Å². The van der Waals surface area contributed by atoms with E-state index in [1.807, 2.05) is 20.8 Å². The Bertz CT molecular complexity index is 324. The minimum atomic E-state index is -0.437. The molecular formula is C13H24N2O2. The zero-order valence-electron chi connectivity index (χ0n) is 11.1. The molecule has 2 aliphatic carbocycles. The van der Waals surface area contributed by atoms with Crippen molar-refractivity contribution in [1.82, 2.24) is 5.32 Å². The predicted octanol–water partition coefficient (Wildman–Crippen LogP) is 2.32. The second kappa shape index (κ2) is 3.87. The molecule has 2 fully saturated rings. The van der Waals surface area contributed by atoms with Crippen LogP contribution >= 0.6 is 0 Å². The van der Waals surface area contributed by atoms with Crippen molar-refractivity contribution in [2.24, 2.45) is 5.73 Å². The molecule has 0 aromatic heterocycles. The van der Waals surface area contributed by atoms with Gasteiger partial charge in [0.25, 0.3) is 0 Å². The maximum Gasteiger partial charge on any atom is 0.408 e. The van der Waals surface area contributed by atoms with E-state index in [0.717, 1.165) is 38.5 Å². The van der Waals surface area contributed by atoms with Crippen molar-refractivity contribution in [2.45, 2.75) is 76.0 Å². The molecule has 0 aromatic carbocycles. The summed E-state index contributed by atoms with van der Waals surface area (Å²) in [4.78, 5) is 11.8. The number of carbonyl (C=O) groups is 1. The van der Waals surface area contributed by atoms with Gasteiger partial charge in [-0.2, -0.15) is 0 Å². The van der Waals surface area contributed by atoms with Gasteiger partial charge in [-0.3, -0.25) is 0 Å². The normalized spacial score (nSPS) is 36.7. The summed E-state index contributed by atoms with van der Waals surface area (Å²) in [5.74, 6) is 0. The first-order valence-electron chi connectivity index (χ1n) is 6.52. The number of ether oxygens (including phenoxy) is 1. The van der Waals surface area contributed by atoms with Crippen molar-refractivity contribution in [3.05, 3.63) is 0 Å². The van der Waals surface area contributed by atoms with Crippen LogP contribution in [0.2, 0.25) is 0 Å². The summed E-state index contributed by atoms with van der Waals surface area (Å²) < 4.78 is 5.33. The quantitative estimate of drug-likeness (QED) is 0.739. The van der Waals surface area contributed by atoms with Gasteiger partial charge in [-0.1, -0.05) is 0 Å². The van der Waals surface area contributed by atoms with E-state index in [0.29, 0.717) is 0 Å².